The molecule has 156 valence electrons. The molecule has 0 bridgehead atoms. The maximum Gasteiger partial charge on any atom is 0.266 e. The van der Waals surface area contributed by atoms with E-state index in [2.05, 4.69) is 4.98 Å². The van der Waals surface area contributed by atoms with Gasteiger partial charge in [-0.25, -0.2) is 4.98 Å². The predicted molar refractivity (Wildman–Crippen MR) is 122 cm³/mol. The van der Waals surface area contributed by atoms with Gasteiger partial charge in [0.05, 0.1) is 36.6 Å². The van der Waals surface area contributed by atoms with Gasteiger partial charge in [-0.2, -0.15) is 0 Å². The molecular formula is C24H20N2O4S. The molecule has 1 heterocycles. The van der Waals surface area contributed by atoms with E-state index < -0.39 is 0 Å². The number of thioether (sulfide) groups is 1. The molecule has 0 aliphatic carbocycles. The van der Waals surface area contributed by atoms with E-state index in [1.54, 1.807) is 74.9 Å². The van der Waals surface area contributed by atoms with Gasteiger partial charge < -0.3 is 9.47 Å². The van der Waals surface area contributed by atoms with Crippen LogP contribution in [0.2, 0.25) is 0 Å². The average Bonchev–Trinajstić information content (AvgIpc) is 2.83. The van der Waals surface area contributed by atoms with Crippen molar-refractivity contribution in [3.63, 3.8) is 0 Å². The summed E-state index contributed by atoms with van der Waals surface area (Å²) < 4.78 is 11.9. The number of carbonyl (C=O) groups excluding carboxylic acids is 1. The number of rotatable bonds is 7. The molecule has 31 heavy (non-hydrogen) atoms. The lowest BCUT2D eigenvalue weighted by Gasteiger charge is -2.13. The number of methoxy groups -OCH3 is 2. The zero-order chi connectivity index (χ0) is 21.8. The van der Waals surface area contributed by atoms with Crippen LogP contribution in [0.5, 0.6) is 11.5 Å². The van der Waals surface area contributed by atoms with Crippen LogP contribution < -0.4 is 15.0 Å². The van der Waals surface area contributed by atoms with Crippen LogP contribution in [-0.2, 0) is 0 Å². The number of benzene rings is 3. The quantitative estimate of drug-likeness (QED) is 0.245. The first-order valence-corrected chi connectivity index (χ1v) is 10.6. The Bertz CT molecular complexity index is 1280. The number of Topliss-reactive ketones (excluding diaryl/α,β-unsaturated/α-hetero) is 1. The van der Waals surface area contributed by atoms with Gasteiger partial charge in [0.25, 0.3) is 5.56 Å². The van der Waals surface area contributed by atoms with Gasteiger partial charge in [0.15, 0.2) is 10.9 Å². The maximum atomic E-state index is 13.3. The maximum absolute atomic E-state index is 13.3. The summed E-state index contributed by atoms with van der Waals surface area (Å²) in [4.78, 5) is 30.6. The van der Waals surface area contributed by atoms with Gasteiger partial charge in [-0.3, -0.25) is 14.2 Å². The molecule has 0 aliphatic rings. The lowest BCUT2D eigenvalue weighted by Crippen LogP contribution is -2.22. The highest BCUT2D eigenvalue weighted by atomic mass is 32.2. The molecule has 0 fully saturated rings. The summed E-state index contributed by atoms with van der Waals surface area (Å²) in [6.45, 7) is 0. The molecule has 4 aromatic rings. The van der Waals surface area contributed by atoms with Crippen LogP contribution in [0.1, 0.15) is 10.4 Å². The van der Waals surface area contributed by atoms with E-state index in [1.165, 1.54) is 16.3 Å². The summed E-state index contributed by atoms with van der Waals surface area (Å²) in [5.74, 6) is 1.47. The molecule has 0 saturated carbocycles. The number of ether oxygens (including phenoxy) is 2. The van der Waals surface area contributed by atoms with E-state index in [4.69, 9.17) is 9.47 Å². The van der Waals surface area contributed by atoms with Crippen molar-refractivity contribution >= 4 is 28.4 Å². The van der Waals surface area contributed by atoms with Crippen molar-refractivity contribution in [2.24, 2.45) is 0 Å². The monoisotopic (exact) mass is 432 g/mol. The van der Waals surface area contributed by atoms with Crippen LogP contribution in [0.3, 0.4) is 0 Å². The topological polar surface area (TPSA) is 70.4 Å². The number of nitrogens with zero attached hydrogens (tertiary/aromatic N) is 2. The fourth-order valence-corrected chi connectivity index (χ4v) is 4.07. The minimum absolute atomic E-state index is 0.0589. The van der Waals surface area contributed by atoms with Crippen LogP contribution in [0.25, 0.3) is 16.6 Å². The summed E-state index contributed by atoms with van der Waals surface area (Å²) >= 11 is 1.23. The number of fused-ring (bicyclic) bond motifs is 1. The summed E-state index contributed by atoms with van der Waals surface area (Å²) in [5, 5.41) is 0.972. The van der Waals surface area contributed by atoms with Crippen molar-refractivity contribution in [1.29, 1.82) is 0 Å². The minimum Gasteiger partial charge on any atom is -0.497 e. The summed E-state index contributed by atoms with van der Waals surface area (Å²) in [7, 11) is 3.17. The van der Waals surface area contributed by atoms with E-state index in [9.17, 15) is 9.59 Å². The van der Waals surface area contributed by atoms with E-state index in [-0.39, 0.29) is 17.1 Å². The Balaban J connectivity index is 1.71. The molecule has 0 spiro atoms. The number of aromatic nitrogens is 2. The fourth-order valence-electron chi connectivity index (χ4n) is 3.16. The normalized spacial score (nSPS) is 10.8. The lowest BCUT2D eigenvalue weighted by molar-refractivity contribution is 0.102. The van der Waals surface area contributed by atoms with Crippen LogP contribution in [-0.4, -0.2) is 35.3 Å². The highest BCUT2D eigenvalue weighted by Gasteiger charge is 2.15. The summed E-state index contributed by atoms with van der Waals surface area (Å²) in [5.41, 5.74) is 1.64. The first kappa shape index (κ1) is 20.7. The highest BCUT2D eigenvalue weighted by molar-refractivity contribution is 7.99. The molecule has 3 aromatic carbocycles. The van der Waals surface area contributed by atoms with Crippen molar-refractivity contribution in [2.75, 3.05) is 20.0 Å². The lowest BCUT2D eigenvalue weighted by atomic mass is 10.1. The van der Waals surface area contributed by atoms with Crippen molar-refractivity contribution in [3.8, 4) is 17.2 Å². The van der Waals surface area contributed by atoms with Crippen LogP contribution in [0, 0.1) is 0 Å². The van der Waals surface area contributed by atoms with Gasteiger partial charge in [0, 0.05) is 5.56 Å². The molecule has 0 N–H and O–H groups in total. The Labute approximate surface area is 183 Å². The molecule has 6 nitrogen and oxygen atoms in total. The third-order valence-corrected chi connectivity index (χ3v) is 5.76. The third-order valence-electron chi connectivity index (χ3n) is 4.82. The minimum atomic E-state index is -0.185. The molecule has 1 aromatic heterocycles. The molecule has 0 aliphatic heterocycles. The number of para-hydroxylation sites is 1. The van der Waals surface area contributed by atoms with E-state index >= 15 is 0 Å². The Morgan fingerprint density at radius 1 is 0.903 bits per heavy atom. The second-order valence-electron chi connectivity index (χ2n) is 6.69. The van der Waals surface area contributed by atoms with Gasteiger partial charge >= 0.3 is 0 Å². The van der Waals surface area contributed by atoms with Gasteiger partial charge in [-0.15, -0.1) is 0 Å². The van der Waals surface area contributed by atoms with Crippen molar-refractivity contribution in [1.82, 2.24) is 9.55 Å². The highest BCUT2D eigenvalue weighted by Crippen LogP contribution is 2.24. The van der Waals surface area contributed by atoms with Gasteiger partial charge in [0.1, 0.15) is 11.5 Å². The van der Waals surface area contributed by atoms with E-state index in [1.807, 2.05) is 12.1 Å². The Hall–Kier alpha value is -3.58. The van der Waals surface area contributed by atoms with Crippen LogP contribution >= 0.6 is 11.8 Å². The van der Waals surface area contributed by atoms with Crippen molar-refractivity contribution < 1.29 is 14.3 Å². The first-order chi connectivity index (χ1) is 15.1. The molecule has 7 heteroatoms. The number of hydrogen-bond acceptors (Lipinski definition) is 6. The average molecular weight is 433 g/mol. The molecule has 0 radical (unpaired) electrons. The van der Waals surface area contributed by atoms with Gasteiger partial charge in [-0.1, -0.05) is 23.9 Å². The zero-order valence-corrected chi connectivity index (χ0v) is 17.9. The second kappa shape index (κ2) is 9.06. The first-order valence-electron chi connectivity index (χ1n) is 9.57. The number of hydrogen-bond donors (Lipinski definition) is 0. The molecule has 0 amide bonds. The summed E-state index contributed by atoms with van der Waals surface area (Å²) in [6.07, 6.45) is 0. The number of ketones is 1. The molecular weight excluding hydrogens is 412 g/mol. The van der Waals surface area contributed by atoms with Crippen molar-refractivity contribution in [3.05, 3.63) is 88.7 Å². The van der Waals surface area contributed by atoms with Crippen molar-refractivity contribution in [2.45, 2.75) is 5.16 Å². The fraction of sp³-hybridized carbons (Fsp3) is 0.125. The molecule has 0 unspecified atom stereocenters. The Morgan fingerprint density at radius 2 is 1.52 bits per heavy atom. The van der Waals surface area contributed by atoms with E-state index in [0.717, 1.165) is 0 Å². The smallest absolute Gasteiger partial charge is 0.266 e. The number of carbonyl (C=O) groups is 1. The standard InChI is InChI=1S/C24H20N2O4S/c1-29-18-11-7-16(8-12-18)22(27)15-31-24-25-21-6-4-3-5-20(21)23(28)26(24)17-9-13-19(30-2)14-10-17/h3-14H,15H2,1-2H3. The Kier molecular flexibility index (Phi) is 6.04. The third kappa shape index (κ3) is 4.32. The van der Waals surface area contributed by atoms with E-state index in [0.29, 0.717) is 38.8 Å². The van der Waals surface area contributed by atoms with Gasteiger partial charge in [0.2, 0.25) is 0 Å². The summed E-state index contributed by atoms with van der Waals surface area (Å²) in [6, 6.07) is 21.3. The van der Waals surface area contributed by atoms with Gasteiger partial charge in [-0.05, 0) is 60.7 Å². The van der Waals surface area contributed by atoms with Crippen LogP contribution in [0.15, 0.2) is 82.7 Å². The zero-order valence-electron chi connectivity index (χ0n) is 17.1. The second-order valence-corrected chi connectivity index (χ2v) is 7.63. The molecule has 0 atom stereocenters. The SMILES string of the molecule is COc1ccc(C(=O)CSc2nc3ccccc3c(=O)n2-c2ccc(OC)cc2)cc1. The molecule has 0 saturated heterocycles. The largest absolute Gasteiger partial charge is 0.497 e. The predicted octanol–water partition coefficient (Wildman–Crippen LogP) is 4.38. The van der Waals surface area contributed by atoms with Crippen LogP contribution in [0.4, 0.5) is 0 Å². The molecule has 4 rings (SSSR count). The Morgan fingerprint density at radius 3 is 2.16 bits per heavy atom.